The van der Waals surface area contributed by atoms with Crippen LogP contribution >= 0.6 is 11.3 Å². The summed E-state index contributed by atoms with van der Waals surface area (Å²) in [5.74, 6) is 0.689. The van der Waals surface area contributed by atoms with Gasteiger partial charge in [0.2, 0.25) is 5.91 Å². The molecular formula is C54H93N5OS. The molecule has 0 saturated heterocycles. The van der Waals surface area contributed by atoms with E-state index in [1.165, 1.54) is 206 Å². The Labute approximate surface area is 379 Å². The number of hydrogen-bond donors (Lipinski definition) is 1. The molecule has 61 heavy (non-hydrogen) atoms. The highest BCUT2D eigenvalue weighted by Gasteiger charge is 2.27. The fourth-order valence-corrected chi connectivity index (χ4v) is 11.1. The van der Waals surface area contributed by atoms with Crippen molar-refractivity contribution >= 4 is 44.2 Å². The third-order valence-corrected chi connectivity index (χ3v) is 15.0. The number of para-hydroxylation sites is 1. The van der Waals surface area contributed by atoms with E-state index in [0.29, 0.717) is 12.2 Å². The van der Waals surface area contributed by atoms with Gasteiger partial charge in [-0.2, -0.15) is 0 Å². The first-order valence-corrected chi connectivity index (χ1v) is 27.3. The topological polar surface area (TPSA) is 61.4 Å². The van der Waals surface area contributed by atoms with Gasteiger partial charge in [-0.25, -0.2) is 9.97 Å². The second-order valence-electron chi connectivity index (χ2n) is 19.1. The highest BCUT2D eigenvalue weighted by Crippen LogP contribution is 2.34. The number of anilines is 1. The van der Waals surface area contributed by atoms with Crippen LogP contribution in [0.2, 0.25) is 0 Å². The average molecular weight is 860 g/mol. The smallest absolute Gasteiger partial charge is 0.225 e. The second-order valence-corrected chi connectivity index (χ2v) is 20.2. The molecule has 0 unspecified atom stereocenters. The Morgan fingerprint density at radius 1 is 0.590 bits per heavy atom. The zero-order chi connectivity index (χ0) is 43.2. The van der Waals surface area contributed by atoms with Crippen LogP contribution in [0.25, 0.3) is 21.1 Å². The fraction of sp³-hybridized carbons (Fsp3) is 0.796. The molecule has 1 aliphatic carbocycles. The minimum Gasteiger partial charge on any atom is -0.309 e. The molecule has 0 radical (unpaired) electrons. The lowest BCUT2D eigenvalue weighted by atomic mass is 9.88. The Morgan fingerprint density at radius 2 is 1.07 bits per heavy atom. The summed E-state index contributed by atoms with van der Waals surface area (Å²) in [6.07, 6.45) is 45.1. The largest absolute Gasteiger partial charge is 0.309 e. The number of amides is 1. The van der Waals surface area contributed by atoms with Crippen molar-refractivity contribution < 1.29 is 4.79 Å². The molecular weight excluding hydrogens is 767 g/mol. The molecule has 2 aromatic heterocycles. The predicted molar refractivity (Wildman–Crippen MR) is 268 cm³/mol. The molecule has 1 fully saturated rings. The van der Waals surface area contributed by atoms with Gasteiger partial charge in [0, 0.05) is 23.9 Å². The maximum atomic E-state index is 13.3. The lowest BCUT2D eigenvalue weighted by molar-refractivity contribution is -0.116. The molecule has 4 rings (SSSR count). The molecule has 1 saturated carbocycles. The van der Waals surface area contributed by atoms with Crippen molar-refractivity contribution in [3.05, 3.63) is 29.3 Å². The molecule has 1 aromatic carbocycles. The standard InChI is InChI=1S/C54H93N5OS/c1-5-8-10-12-14-16-18-20-22-24-26-32-43-58(4)46-39-41-47(42-40-46)59(44-33-27-25-23-21-19-17-15-13-11-9-6-2)45-34-28-29-38-50(60)56-54-52-53(61-51(57-52)35-7-3)48-36-30-31-37-49(48)55-54/h30-31,36-37,46-47H,5-29,32-35,38-45H2,1-4H3,(H,55,56,60). The zero-order valence-corrected chi connectivity index (χ0v) is 41.0. The third-order valence-electron chi connectivity index (χ3n) is 13.8. The van der Waals surface area contributed by atoms with E-state index < -0.39 is 0 Å². The first-order chi connectivity index (χ1) is 30.0. The van der Waals surface area contributed by atoms with Crippen LogP contribution in [0.1, 0.15) is 238 Å². The maximum absolute atomic E-state index is 13.3. The van der Waals surface area contributed by atoms with Crippen LogP contribution in [0.15, 0.2) is 24.3 Å². The number of rotatable bonds is 37. The van der Waals surface area contributed by atoms with E-state index in [1.54, 1.807) is 11.3 Å². The molecule has 6 nitrogen and oxygen atoms in total. The molecule has 0 aliphatic heterocycles. The Kier molecular flexibility index (Phi) is 27.5. The summed E-state index contributed by atoms with van der Waals surface area (Å²) in [5, 5.41) is 5.42. The number of thiazole rings is 1. The molecule has 0 spiro atoms. The molecule has 1 aliphatic rings. The number of nitrogens with one attached hydrogen (secondary N) is 1. The SMILES string of the molecule is CCCCCCCCCCCCCCN(C)C1CCC(N(CCCCCCCCCCCCCC)CCCCCC(=O)Nc2nc3ccccc3c3sc(CCC)nc23)CC1. The molecule has 346 valence electrons. The van der Waals surface area contributed by atoms with Crippen LogP contribution in [0.4, 0.5) is 5.82 Å². The van der Waals surface area contributed by atoms with Crippen molar-refractivity contribution in [2.24, 2.45) is 0 Å². The number of benzene rings is 1. The fourth-order valence-electron chi connectivity index (χ4n) is 9.91. The van der Waals surface area contributed by atoms with E-state index in [9.17, 15) is 4.79 Å². The number of unbranched alkanes of at least 4 members (excludes halogenated alkanes) is 24. The van der Waals surface area contributed by atoms with Gasteiger partial charge in [-0.3, -0.25) is 4.79 Å². The van der Waals surface area contributed by atoms with Crippen molar-refractivity contribution in [2.75, 3.05) is 32.0 Å². The summed E-state index contributed by atoms with van der Waals surface area (Å²) in [7, 11) is 2.41. The minimum absolute atomic E-state index is 0.0633. The van der Waals surface area contributed by atoms with Gasteiger partial charge in [0.05, 0.1) is 15.2 Å². The van der Waals surface area contributed by atoms with Crippen molar-refractivity contribution in [3.63, 3.8) is 0 Å². The number of nitrogens with zero attached hydrogens (tertiary/aromatic N) is 4. The van der Waals surface area contributed by atoms with Gasteiger partial charge < -0.3 is 15.1 Å². The Morgan fingerprint density at radius 3 is 1.61 bits per heavy atom. The number of aryl methyl sites for hydroxylation is 1. The minimum atomic E-state index is 0.0633. The summed E-state index contributed by atoms with van der Waals surface area (Å²) in [6.45, 7) is 10.5. The molecule has 3 aromatic rings. The second kappa shape index (κ2) is 32.5. The maximum Gasteiger partial charge on any atom is 0.225 e. The summed E-state index contributed by atoms with van der Waals surface area (Å²) in [5.41, 5.74) is 1.77. The van der Waals surface area contributed by atoms with Gasteiger partial charge in [0.15, 0.2) is 5.82 Å². The Balaban J connectivity index is 1.16. The summed E-state index contributed by atoms with van der Waals surface area (Å²) < 4.78 is 1.14. The van der Waals surface area contributed by atoms with Crippen LogP contribution in [0.3, 0.4) is 0 Å². The number of carbonyl (C=O) groups is 1. The number of aromatic nitrogens is 2. The van der Waals surface area contributed by atoms with E-state index in [1.807, 2.05) is 12.1 Å². The van der Waals surface area contributed by atoms with Crippen molar-refractivity contribution in [1.29, 1.82) is 0 Å². The van der Waals surface area contributed by atoms with Crippen LogP contribution in [-0.4, -0.2) is 64.4 Å². The van der Waals surface area contributed by atoms with E-state index in [0.717, 1.165) is 63.9 Å². The number of fused-ring (bicyclic) bond motifs is 3. The normalized spacial score (nSPS) is 15.8. The predicted octanol–water partition coefficient (Wildman–Crippen LogP) is 16.2. The first kappa shape index (κ1) is 51.5. The highest BCUT2D eigenvalue weighted by atomic mass is 32.1. The first-order valence-electron chi connectivity index (χ1n) is 26.5. The quantitative estimate of drug-likeness (QED) is 0.0585. The zero-order valence-electron chi connectivity index (χ0n) is 40.2. The number of carbonyl (C=O) groups excluding carboxylic acids is 1. The highest BCUT2D eigenvalue weighted by molar-refractivity contribution is 7.19. The average Bonchev–Trinajstić information content (AvgIpc) is 3.71. The number of pyridine rings is 1. The lowest BCUT2D eigenvalue weighted by Crippen LogP contribution is -2.44. The van der Waals surface area contributed by atoms with Gasteiger partial charge in [-0.1, -0.05) is 187 Å². The van der Waals surface area contributed by atoms with Crippen LogP contribution < -0.4 is 5.32 Å². The van der Waals surface area contributed by atoms with Crippen molar-refractivity contribution in [1.82, 2.24) is 19.8 Å². The van der Waals surface area contributed by atoms with E-state index in [-0.39, 0.29) is 5.91 Å². The molecule has 7 heteroatoms. The monoisotopic (exact) mass is 860 g/mol. The molecule has 2 heterocycles. The lowest BCUT2D eigenvalue weighted by Gasteiger charge is -2.40. The summed E-state index contributed by atoms with van der Waals surface area (Å²) >= 11 is 1.75. The molecule has 0 bridgehead atoms. The van der Waals surface area contributed by atoms with Crippen LogP contribution in [-0.2, 0) is 11.2 Å². The van der Waals surface area contributed by atoms with Crippen molar-refractivity contribution in [3.8, 4) is 0 Å². The Bertz CT molecular complexity index is 1550. The molecule has 0 atom stereocenters. The van der Waals surface area contributed by atoms with Crippen molar-refractivity contribution in [2.45, 2.75) is 251 Å². The number of hydrogen-bond acceptors (Lipinski definition) is 6. The van der Waals surface area contributed by atoms with E-state index in [2.05, 4.69) is 55.1 Å². The summed E-state index contributed by atoms with van der Waals surface area (Å²) in [4.78, 5) is 28.7. The van der Waals surface area contributed by atoms with E-state index in [4.69, 9.17) is 9.97 Å². The van der Waals surface area contributed by atoms with Gasteiger partial charge >= 0.3 is 0 Å². The third kappa shape index (κ3) is 20.5. The van der Waals surface area contributed by atoms with Gasteiger partial charge in [-0.15, -0.1) is 11.3 Å². The van der Waals surface area contributed by atoms with Crippen LogP contribution in [0.5, 0.6) is 0 Å². The van der Waals surface area contributed by atoms with Gasteiger partial charge in [0.1, 0.15) is 5.52 Å². The molecule has 1 amide bonds. The Hall–Kier alpha value is -2.09. The van der Waals surface area contributed by atoms with Crippen LogP contribution in [0, 0.1) is 0 Å². The van der Waals surface area contributed by atoms with E-state index >= 15 is 0 Å². The van der Waals surface area contributed by atoms with Gasteiger partial charge in [-0.05, 0) is 97.0 Å². The van der Waals surface area contributed by atoms with Gasteiger partial charge in [0.25, 0.3) is 0 Å². The molecule has 1 N–H and O–H groups in total. The summed E-state index contributed by atoms with van der Waals surface area (Å²) in [6, 6.07) is 9.73.